The third-order valence-corrected chi connectivity index (χ3v) is 4.08. The summed E-state index contributed by atoms with van der Waals surface area (Å²) >= 11 is 0. The van der Waals surface area contributed by atoms with Gasteiger partial charge in [0.15, 0.2) is 0 Å². The average molecular weight is 313 g/mol. The van der Waals surface area contributed by atoms with E-state index >= 15 is 0 Å². The summed E-state index contributed by atoms with van der Waals surface area (Å²) in [5.74, 6) is 1.79. The molecule has 23 heavy (non-hydrogen) atoms. The number of ether oxygens (including phenoxy) is 2. The first-order chi connectivity index (χ1) is 11.3. The number of aliphatic hydroxyl groups is 1. The van der Waals surface area contributed by atoms with Crippen molar-refractivity contribution >= 4 is 5.69 Å². The van der Waals surface area contributed by atoms with Crippen molar-refractivity contribution in [2.45, 2.75) is 25.8 Å². The van der Waals surface area contributed by atoms with Gasteiger partial charge in [-0.2, -0.15) is 0 Å². The number of nitrogens with one attached hydrogen (secondary N) is 1. The summed E-state index contributed by atoms with van der Waals surface area (Å²) in [5, 5.41) is 12.4. The van der Waals surface area contributed by atoms with Crippen molar-refractivity contribution in [1.29, 1.82) is 0 Å². The summed E-state index contributed by atoms with van der Waals surface area (Å²) in [6.45, 7) is 3.32. The Balaban J connectivity index is 1.69. The highest BCUT2D eigenvalue weighted by Crippen LogP contribution is 2.31. The second-order valence-corrected chi connectivity index (χ2v) is 5.67. The van der Waals surface area contributed by atoms with Crippen molar-refractivity contribution < 1.29 is 14.6 Å². The van der Waals surface area contributed by atoms with Gasteiger partial charge in [0.1, 0.15) is 18.1 Å². The number of anilines is 1. The van der Waals surface area contributed by atoms with Crippen LogP contribution < -0.4 is 14.8 Å². The zero-order valence-corrected chi connectivity index (χ0v) is 13.4. The topological polar surface area (TPSA) is 50.7 Å². The number of aliphatic hydroxyl groups excluding tert-OH is 1. The molecule has 1 aliphatic rings. The highest BCUT2D eigenvalue weighted by Gasteiger charge is 2.16. The Kier molecular flexibility index (Phi) is 5.03. The van der Waals surface area contributed by atoms with Gasteiger partial charge < -0.3 is 19.9 Å². The monoisotopic (exact) mass is 313 g/mol. The van der Waals surface area contributed by atoms with E-state index in [9.17, 15) is 0 Å². The molecular weight excluding hydrogens is 290 g/mol. The molecule has 0 aromatic heterocycles. The van der Waals surface area contributed by atoms with Crippen LogP contribution in [0.5, 0.6) is 11.5 Å². The van der Waals surface area contributed by atoms with Crippen molar-refractivity contribution in [3.63, 3.8) is 0 Å². The van der Waals surface area contributed by atoms with Gasteiger partial charge in [0.25, 0.3) is 0 Å². The van der Waals surface area contributed by atoms with E-state index in [1.165, 1.54) is 11.1 Å². The summed E-state index contributed by atoms with van der Waals surface area (Å²) in [7, 11) is 0. The fourth-order valence-corrected chi connectivity index (χ4v) is 2.86. The van der Waals surface area contributed by atoms with Crippen LogP contribution in [-0.2, 0) is 6.42 Å². The summed E-state index contributed by atoms with van der Waals surface area (Å²) in [4.78, 5) is 0. The van der Waals surface area contributed by atoms with Crippen LogP contribution in [0.25, 0.3) is 0 Å². The number of hydrogen-bond acceptors (Lipinski definition) is 4. The molecule has 0 saturated heterocycles. The molecule has 1 unspecified atom stereocenters. The number of hydrogen-bond donors (Lipinski definition) is 2. The van der Waals surface area contributed by atoms with Gasteiger partial charge in [-0.3, -0.25) is 0 Å². The summed E-state index contributed by atoms with van der Waals surface area (Å²) in [5.41, 5.74) is 3.65. The molecule has 0 bridgehead atoms. The van der Waals surface area contributed by atoms with Crippen molar-refractivity contribution in [3.05, 3.63) is 53.6 Å². The van der Waals surface area contributed by atoms with Crippen LogP contribution in [0.2, 0.25) is 0 Å². The molecule has 4 heteroatoms. The maximum atomic E-state index is 8.78. The minimum atomic E-state index is 0.0277. The third-order valence-electron chi connectivity index (χ3n) is 4.08. The van der Waals surface area contributed by atoms with Crippen molar-refractivity contribution in [3.8, 4) is 11.5 Å². The van der Waals surface area contributed by atoms with Crippen LogP contribution in [0.15, 0.2) is 42.5 Å². The van der Waals surface area contributed by atoms with Gasteiger partial charge in [0.2, 0.25) is 0 Å². The third kappa shape index (κ3) is 3.77. The Morgan fingerprint density at radius 3 is 2.78 bits per heavy atom. The van der Waals surface area contributed by atoms with E-state index < -0.39 is 0 Å². The van der Waals surface area contributed by atoms with Gasteiger partial charge >= 0.3 is 0 Å². The first kappa shape index (κ1) is 15.7. The number of benzene rings is 2. The molecule has 0 fully saturated rings. The molecular formula is C19H23NO3. The van der Waals surface area contributed by atoms with Crippen LogP contribution in [0.1, 0.15) is 30.5 Å². The largest absolute Gasteiger partial charge is 0.493 e. The molecule has 2 aromatic carbocycles. The molecule has 3 rings (SSSR count). The van der Waals surface area contributed by atoms with E-state index in [4.69, 9.17) is 14.6 Å². The fraction of sp³-hybridized carbons (Fsp3) is 0.368. The molecule has 0 amide bonds. The van der Waals surface area contributed by atoms with E-state index in [-0.39, 0.29) is 12.6 Å². The lowest BCUT2D eigenvalue weighted by Crippen LogP contribution is -2.10. The minimum Gasteiger partial charge on any atom is -0.493 e. The summed E-state index contributed by atoms with van der Waals surface area (Å²) in [6, 6.07) is 14.6. The molecule has 2 aromatic rings. The van der Waals surface area contributed by atoms with Gasteiger partial charge in [-0.05, 0) is 53.9 Å². The van der Waals surface area contributed by atoms with Gasteiger partial charge in [-0.1, -0.05) is 13.0 Å². The molecule has 0 radical (unpaired) electrons. The SMILES string of the molecule is CCC(Nc1ccc(OCCO)cc1)c1ccc2c(c1)CCO2. The zero-order valence-electron chi connectivity index (χ0n) is 13.4. The van der Waals surface area contributed by atoms with Gasteiger partial charge in [-0.15, -0.1) is 0 Å². The van der Waals surface area contributed by atoms with E-state index in [1.807, 2.05) is 24.3 Å². The van der Waals surface area contributed by atoms with E-state index in [1.54, 1.807) is 0 Å². The quantitative estimate of drug-likeness (QED) is 0.820. The van der Waals surface area contributed by atoms with E-state index in [0.717, 1.165) is 36.6 Å². The maximum Gasteiger partial charge on any atom is 0.122 e. The smallest absolute Gasteiger partial charge is 0.122 e. The molecule has 1 heterocycles. The summed E-state index contributed by atoms with van der Waals surface area (Å²) in [6.07, 6.45) is 2.00. The van der Waals surface area contributed by atoms with Gasteiger partial charge in [-0.25, -0.2) is 0 Å². The average Bonchev–Trinajstić information content (AvgIpc) is 3.06. The Bertz CT molecular complexity index is 640. The molecule has 0 spiro atoms. The predicted molar refractivity (Wildman–Crippen MR) is 91.3 cm³/mol. The van der Waals surface area contributed by atoms with Crippen LogP contribution in [0.3, 0.4) is 0 Å². The zero-order chi connectivity index (χ0) is 16.1. The molecule has 122 valence electrons. The second-order valence-electron chi connectivity index (χ2n) is 5.67. The highest BCUT2D eigenvalue weighted by molar-refractivity contribution is 5.49. The predicted octanol–water partition coefficient (Wildman–Crippen LogP) is 3.56. The Labute approximate surface area is 137 Å². The highest BCUT2D eigenvalue weighted by atomic mass is 16.5. The van der Waals surface area contributed by atoms with Gasteiger partial charge in [0, 0.05) is 12.1 Å². The first-order valence-corrected chi connectivity index (χ1v) is 8.16. The van der Waals surface area contributed by atoms with Crippen molar-refractivity contribution in [2.24, 2.45) is 0 Å². The number of rotatable bonds is 7. The Hall–Kier alpha value is -2.20. The summed E-state index contributed by atoms with van der Waals surface area (Å²) < 4.78 is 11.0. The molecule has 0 aliphatic carbocycles. The molecule has 2 N–H and O–H groups in total. The lowest BCUT2D eigenvalue weighted by atomic mass is 10.0. The molecule has 1 atom stereocenters. The molecule has 0 saturated carbocycles. The number of fused-ring (bicyclic) bond motifs is 1. The minimum absolute atomic E-state index is 0.0277. The standard InChI is InChI=1S/C19H23NO3/c1-2-18(14-3-8-19-15(13-14)9-11-23-19)20-16-4-6-17(7-5-16)22-12-10-21/h3-8,13,18,20-21H,2,9-12H2,1H3. The molecule has 1 aliphatic heterocycles. The van der Waals surface area contributed by atoms with Crippen molar-refractivity contribution in [1.82, 2.24) is 0 Å². The lowest BCUT2D eigenvalue weighted by molar-refractivity contribution is 0.201. The van der Waals surface area contributed by atoms with Gasteiger partial charge in [0.05, 0.1) is 19.3 Å². The molecule has 4 nitrogen and oxygen atoms in total. The van der Waals surface area contributed by atoms with Crippen LogP contribution in [0.4, 0.5) is 5.69 Å². The van der Waals surface area contributed by atoms with E-state index in [0.29, 0.717) is 6.61 Å². The van der Waals surface area contributed by atoms with Crippen LogP contribution in [-0.4, -0.2) is 24.9 Å². The lowest BCUT2D eigenvalue weighted by Gasteiger charge is -2.20. The maximum absolute atomic E-state index is 8.78. The fourth-order valence-electron chi connectivity index (χ4n) is 2.86. The van der Waals surface area contributed by atoms with Crippen molar-refractivity contribution in [2.75, 3.05) is 25.1 Å². The Morgan fingerprint density at radius 2 is 2.04 bits per heavy atom. The normalized spacial score (nSPS) is 14.0. The second kappa shape index (κ2) is 7.38. The van der Waals surface area contributed by atoms with E-state index in [2.05, 4.69) is 30.4 Å². The first-order valence-electron chi connectivity index (χ1n) is 8.16. The van der Waals surface area contributed by atoms with Crippen LogP contribution >= 0.6 is 0 Å². The Morgan fingerprint density at radius 1 is 1.22 bits per heavy atom. The van der Waals surface area contributed by atoms with Crippen LogP contribution in [0, 0.1) is 0 Å².